The van der Waals surface area contributed by atoms with Gasteiger partial charge in [0.2, 0.25) is 0 Å². The molecule has 0 aliphatic heterocycles. The molecular formula is C14H16N4O. The largest absolute Gasteiger partial charge is 0.495 e. The van der Waals surface area contributed by atoms with E-state index < -0.39 is 0 Å². The lowest BCUT2D eigenvalue weighted by molar-refractivity contribution is 0.413. The van der Waals surface area contributed by atoms with E-state index >= 15 is 0 Å². The third-order valence-electron chi connectivity index (χ3n) is 2.94. The second-order valence-electron chi connectivity index (χ2n) is 4.20. The SMILES string of the molecule is CCCn1cnc(-c2ccc(OC)c(C#N)c2)c1N. The summed E-state index contributed by atoms with van der Waals surface area (Å²) in [6.07, 6.45) is 2.72. The Balaban J connectivity index is 2.45. The van der Waals surface area contributed by atoms with E-state index in [-0.39, 0.29) is 0 Å². The summed E-state index contributed by atoms with van der Waals surface area (Å²) in [6, 6.07) is 7.46. The first-order chi connectivity index (χ1) is 9.21. The van der Waals surface area contributed by atoms with Gasteiger partial charge >= 0.3 is 0 Å². The molecule has 0 saturated heterocycles. The van der Waals surface area contributed by atoms with Crippen LogP contribution in [0.25, 0.3) is 11.3 Å². The number of aromatic nitrogens is 2. The zero-order valence-corrected chi connectivity index (χ0v) is 11.1. The van der Waals surface area contributed by atoms with E-state index in [1.165, 1.54) is 0 Å². The number of hydrogen-bond acceptors (Lipinski definition) is 4. The molecule has 5 heteroatoms. The van der Waals surface area contributed by atoms with Crippen LogP contribution in [0.5, 0.6) is 5.75 Å². The molecule has 19 heavy (non-hydrogen) atoms. The molecule has 0 bridgehead atoms. The van der Waals surface area contributed by atoms with Gasteiger partial charge in [0.05, 0.1) is 19.0 Å². The fourth-order valence-electron chi connectivity index (χ4n) is 1.98. The minimum atomic E-state index is 0.476. The summed E-state index contributed by atoms with van der Waals surface area (Å²) >= 11 is 0. The van der Waals surface area contributed by atoms with Crippen molar-refractivity contribution in [3.05, 3.63) is 30.1 Å². The molecule has 0 aliphatic rings. The zero-order chi connectivity index (χ0) is 13.8. The second kappa shape index (κ2) is 5.44. The molecule has 5 nitrogen and oxygen atoms in total. The van der Waals surface area contributed by atoms with Crippen molar-refractivity contribution in [1.82, 2.24) is 9.55 Å². The van der Waals surface area contributed by atoms with E-state index in [0.717, 1.165) is 18.5 Å². The lowest BCUT2D eigenvalue weighted by Crippen LogP contribution is -2.01. The normalized spacial score (nSPS) is 10.2. The minimum absolute atomic E-state index is 0.476. The Kier molecular flexibility index (Phi) is 3.71. The number of rotatable bonds is 4. The molecule has 2 rings (SSSR count). The van der Waals surface area contributed by atoms with Crippen LogP contribution in [-0.2, 0) is 6.54 Å². The quantitative estimate of drug-likeness (QED) is 0.911. The summed E-state index contributed by atoms with van der Waals surface area (Å²) in [5.41, 5.74) is 8.07. The molecule has 0 saturated carbocycles. The van der Waals surface area contributed by atoms with Crippen LogP contribution in [0.15, 0.2) is 24.5 Å². The number of aryl methyl sites for hydroxylation is 1. The Morgan fingerprint density at radius 3 is 2.89 bits per heavy atom. The Labute approximate surface area is 112 Å². The Morgan fingerprint density at radius 2 is 2.26 bits per heavy atom. The summed E-state index contributed by atoms with van der Waals surface area (Å²) in [4.78, 5) is 4.32. The summed E-state index contributed by atoms with van der Waals surface area (Å²) < 4.78 is 7.03. The van der Waals surface area contributed by atoms with Gasteiger partial charge in [-0.25, -0.2) is 4.98 Å². The highest BCUT2D eigenvalue weighted by Gasteiger charge is 2.12. The zero-order valence-electron chi connectivity index (χ0n) is 11.1. The van der Waals surface area contributed by atoms with E-state index in [9.17, 15) is 0 Å². The molecule has 0 fully saturated rings. The van der Waals surface area contributed by atoms with Crippen molar-refractivity contribution >= 4 is 5.82 Å². The van der Waals surface area contributed by atoms with Crippen LogP contribution in [0.3, 0.4) is 0 Å². The minimum Gasteiger partial charge on any atom is -0.495 e. The van der Waals surface area contributed by atoms with Crippen LogP contribution < -0.4 is 10.5 Å². The maximum Gasteiger partial charge on any atom is 0.136 e. The number of nitrogen functional groups attached to an aromatic ring is 1. The predicted octanol–water partition coefficient (Wildman–Crippen LogP) is 2.42. The van der Waals surface area contributed by atoms with E-state index in [2.05, 4.69) is 18.0 Å². The first-order valence-electron chi connectivity index (χ1n) is 6.10. The second-order valence-corrected chi connectivity index (χ2v) is 4.20. The van der Waals surface area contributed by atoms with Crippen LogP contribution in [-0.4, -0.2) is 16.7 Å². The summed E-state index contributed by atoms with van der Waals surface area (Å²) in [5.74, 6) is 1.17. The predicted molar refractivity (Wildman–Crippen MR) is 73.6 cm³/mol. The number of nitriles is 1. The van der Waals surface area contributed by atoms with Crippen molar-refractivity contribution in [2.75, 3.05) is 12.8 Å². The maximum absolute atomic E-state index is 9.09. The van der Waals surface area contributed by atoms with Crippen LogP contribution >= 0.6 is 0 Å². The van der Waals surface area contributed by atoms with E-state index in [1.807, 2.05) is 10.6 Å². The van der Waals surface area contributed by atoms with Gasteiger partial charge < -0.3 is 15.0 Å². The van der Waals surface area contributed by atoms with Crippen LogP contribution in [0.4, 0.5) is 5.82 Å². The highest BCUT2D eigenvalue weighted by molar-refractivity contribution is 5.72. The van der Waals surface area contributed by atoms with Gasteiger partial charge in [-0.2, -0.15) is 5.26 Å². The number of methoxy groups -OCH3 is 1. The van der Waals surface area contributed by atoms with E-state index in [1.54, 1.807) is 25.6 Å². The number of ether oxygens (including phenoxy) is 1. The molecule has 1 aromatic carbocycles. The lowest BCUT2D eigenvalue weighted by Gasteiger charge is -2.06. The molecule has 2 N–H and O–H groups in total. The number of imidazole rings is 1. The molecule has 0 atom stereocenters. The van der Waals surface area contributed by atoms with Crippen LogP contribution in [0.1, 0.15) is 18.9 Å². The van der Waals surface area contributed by atoms with Crippen molar-refractivity contribution in [3.8, 4) is 23.1 Å². The molecule has 0 unspecified atom stereocenters. The summed E-state index contributed by atoms with van der Waals surface area (Å²) in [6.45, 7) is 2.92. The van der Waals surface area contributed by atoms with E-state index in [4.69, 9.17) is 15.7 Å². The van der Waals surface area contributed by atoms with Gasteiger partial charge in [0.1, 0.15) is 23.3 Å². The standard InChI is InChI=1S/C14H16N4O/c1-3-6-18-9-17-13(14(18)16)10-4-5-12(19-2)11(7-10)8-15/h4-5,7,9H,3,6,16H2,1-2H3. The number of nitrogens with zero attached hydrogens (tertiary/aromatic N) is 3. The topological polar surface area (TPSA) is 76.9 Å². The van der Waals surface area contributed by atoms with Crippen molar-refractivity contribution in [1.29, 1.82) is 5.26 Å². The highest BCUT2D eigenvalue weighted by Crippen LogP contribution is 2.28. The Hall–Kier alpha value is -2.48. The third-order valence-corrected chi connectivity index (χ3v) is 2.94. The molecule has 1 aromatic heterocycles. The van der Waals surface area contributed by atoms with Crippen molar-refractivity contribution < 1.29 is 4.74 Å². The molecule has 2 aromatic rings. The molecule has 0 radical (unpaired) electrons. The summed E-state index contributed by atoms with van der Waals surface area (Å²) in [5, 5.41) is 9.09. The smallest absolute Gasteiger partial charge is 0.136 e. The van der Waals surface area contributed by atoms with E-state index in [0.29, 0.717) is 22.8 Å². The maximum atomic E-state index is 9.09. The Morgan fingerprint density at radius 1 is 1.47 bits per heavy atom. The van der Waals surface area contributed by atoms with Gasteiger partial charge in [0.15, 0.2) is 0 Å². The molecule has 0 spiro atoms. The van der Waals surface area contributed by atoms with Gasteiger partial charge in [-0.1, -0.05) is 6.92 Å². The number of hydrogen-bond donors (Lipinski definition) is 1. The van der Waals surface area contributed by atoms with Crippen LogP contribution in [0.2, 0.25) is 0 Å². The number of nitrogens with two attached hydrogens (primary N) is 1. The molecular weight excluding hydrogens is 240 g/mol. The number of anilines is 1. The fraction of sp³-hybridized carbons (Fsp3) is 0.286. The molecule has 98 valence electrons. The third kappa shape index (κ3) is 2.38. The monoisotopic (exact) mass is 256 g/mol. The highest BCUT2D eigenvalue weighted by atomic mass is 16.5. The first kappa shape index (κ1) is 13.0. The fourth-order valence-corrected chi connectivity index (χ4v) is 1.98. The first-order valence-corrected chi connectivity index (χ1v) is 6.10. The number of benzene rings is 1. The van der Waals surface area contributed by atoms with Gasteiger partial charge in [0, 0.05) is 12.1 Å². The molecule has 0 aliphatic carbocycles. The van der Waals surface area contributed by atoms with Gasteiger partial charge in [0.25, 0.3) is 0 Å². The molecule has 0 amide bonds. The van der Waals surface area contributed by atoms with Gasteiger partial charge in [-0.3, -0.25) is 0 Å². The Bertz CT molecular complexity index is 625. The van der Waals surface area contributed by atoms with Crippen molar-refractivity contribution in [2.24, 2.45) is 0 Å². The average Bonchev–Trinajstić information content (AvgIpc) is 2.80. The van der Waals surface area contributed by atoms with Crippen LogP contribution in [0, 0.1) is 11.3 Å². The average molecular weight is 256 g/mol. The summed E-state index contributed by atoms with van der Waals surface area (Å²) in [7, 11) is 1.54. The van der Waals surface area contributed by atoms with Gasteiger partial charge in [-0.15, -0.1) is 0 Å². The van der Waals surface area contributed by atoms with Crippen molar-refractivity contribution in [3.63, 3.8) is 0 Å². The molecule has 1 heterocycles. The van der Waals surface area contributed by atoms with Gasteiger partial charge in [-0.05, 0) is 24.6 Å². The van der Waals surface area contributed by atoms with Crippen molar-refractivity contribution in [2.45, 2.75) is 19.9 Å². The lowest BCUT2D eigenvalue weighted by atomic mass is 10.1.